The monoisotopic (exact) mass is 376 g/mol. The molecule has 1 saturated heterocycles. The van der Waals surface area contributed by atoms with Crippen molar-refractivity contribution >= 4 is 29.1 Å². The molecule has 0 radical (unpaired) electrons. The molecular weight excluding hydrogens is 357 g/mol. The van der Waals surface area contributed by atoms with Gasteiger partial charge in [0.2, 0.25) is 11.8 Å². The van der Waals surface area contributed by atoms with Crippen LogP contribution in [0.4, 0.5) is 18.9 Å². The number of halogens is 4. The Morgan fingerprint density at radius 1 is 1.32 bits per heavy atom. The van der Waals surface area contributed by atoms with E-state index in [9.17, 15) is 22.8 Å². The van der Waals surface area contributed by atoms with Gasteiger partial charge in [-0.15, -0.1) is 0 Å². The van der Waals surface area contributed by atoms with Crippen molar-refractivity contribution in [1.29, 1.82) is 0 Å². The van der Waals surface area contributed by atoms with Crippen molar-refractivity contribution in [3.8, 4) is 0 Å². The summed E-state index contributed by atoms with van der Waals surface area (Å²) in [6.07, 6.45) is -1.29. The Morgan fingerprint density at radius 2 is 2.04 bits per heavy atom. The predicted molar refractivity (Wildman–Crippen MR) is 89.3 cm³/mol. The minimum absolute atomic E-state index is 0.0155. The number of hydrogen-bond acceptors (Lipinski definition) is 2. The van der Waals surface area contributed by atoms with E-state index < -0.39 is 24.1 Å². The molecule has 25 heavy (non-hydrogen) atoms. The van der Waals surface area contributed by atoms with Crippen LogP contribution >= 0.6 is 11.6 Å². The van der Waals surface area contributed by atoms with Gasteiger partial charge in [0.15, 0.2) is 0 Å². The fraction of sp³-hybridized carbons (Fsp3) is 0.529. The van der Waals surface area contributed by atoms with Crippen molar-refractivity contribution in [1.82, 2.24) is 4.90 Å². The van der Waals surface area contributed by atoms with Gasteiger partial charge in [-0.25, -0.2) is 0 Å². The van der Waals surface area contributed by atoms with Crippen LogP contribution in [-0.2, 0) is 15.8 Å². The van der Waals surface area contributed by atoms with Gasteiger partial charge in [0.25, 0.3) is 0 Å². The zero-order chi connectivity index (χ0) is 18.6. The summed E-state index contributed by atoms with van der Waals surface area (Å²) in [6.45, 7) is 2.59. The van der Waals surface area contributed by atoms with E-state index in [-0.39, 0.29) is 22.7 Å². The lowest BCUT2D eigenvalue weighted by Gasteiger charge is -2.35. The van der Waals surface area contributed by atoms with Gasteiger partial charge >= 0.3 is 6.18 Å². The van der Waals surface area contributed by atoms with E-state index in [1.165, 1.54) is 0 Å². The molecule has 1 heterocycles. The Labute approximate surface area is 149 Å². The second kappa shape index (κ2) is 8.08. The molecule has 1 aromatic rings. The SMILES string of the molecule is CCC1CCCCN1C(=O)CC(=O)Nc1cc(C(F)(F)F)ccc1Cl. The van der Waals surface area contributed by atoms with Crippen LogP contribution in [0.2, 0.25) is 5.02 Å². The second-order valence-corrected chi connectivity index (χ2v) is 6.47. The summed E-state index contributed by atoms with van der Waals surface area (Å²) < 4.78 is 38.3. The summed E-state index contributed by atoms with van der Waals surface area (Å²) in [6, 6.07) is 2.79. The number of nitrogens with one attached hydrogen (secondary N) is 1. The molecule has 1 aliphatic heterocycles. The minimum atomic E-state index is -4.54. The Hall–Kier alpha value is -1.76. The van der Waals surface area contributed by atoms with Gasteiger partial charge in [-0.05, 0) is 43.9 Å². The van der Waals surface area contributed by atoms with Gasteiger partial charge in [-0.2, -0.15) is 13.2 Å². The summed E-state index contributed by atoms with van der Waals surface area (Å²) in [5.74, 6) is -0.987. The van der Waals surface area contributed by atoms with Crippen LogP contribution in [-0.4, -0.2) is 29.3 Å². The summed E-state index contributed by atoms with van der Waals surface area (Å²) in [5, 5.41) is 2.29. The molecule has 1 aromatic carbocycles. The molecule has 1 atom stereocenters. The van der Waals surface area contributed by atoms with Crippen LogP contribution in [0.15, 0.2) is 18.2 Å². The average Bonchev–Trinajstić information content (AvgIpc) is 2.55. The van der Waals surface area contributed by atoms with E-state index >= 15 is 0 Å². The van der Waals surface area contributed by atoms with Crippen LogP contribution in [0, 0.1) is 0 Å². The average molecular weight is 377 g/mol. The fourth-order valence-electron chi connectivity index (χ4n) is 2.98. The number of amides is 2. The molecule has 1 unspecified atom stereocenters. The van der Waals surface area contributed by atoms with Crippen LogP contribution in [0.25, 0.3) is 0 Å². The van der Waals surface area contributed by atoms with E-state index in [0.717, 1.165) is 43.9 Å². The summed E-state index contributed by atoms with van der Waals surface area (Å²) >= 11 is 5.84. The Kier molecular flexibility index (Phi) is 6.32. The van der Waals surface area contributed by atoms with Gasteiger partial charge in [0.05, 0.1) is 16.3 Å². The first kappa shape index (κ1) is 19.6. The highest BCUT2D eigenvalue weighted by molar-refractivity contribution is 6.33. The number of carbonyl (C=O) groups is 2. The number of rotatable bonds is 4. The third kappa shape index (κ3) is 5.11. The quantitative estimate of drug-likeness (QED) is 0.788. The molecule has 0 bridgehead atoms. The predicted octanol–water partition coefficient (Wildman–Crippen LogP) is 4.48. The van der Waals surface area contributed by atoms with Gasteiger partial charge in [-0.3, -0.25) is 9.59 Å². The van der Waals surface area contributed by atoms with E-state index in [4.69, 9.17) is 11.6 Å². The molecular formula is C17H20ClF3N2O2. The summed E-state index contributed by atoms with van der Waals surface area (Å²) in [4.78, 5) is 26.1. The lowest BCUT2D eigenvalue weighted by molar-refractivity contribution is -0.139. The van der Waals surface area contributed by atoms with Gasteiger partial charge in [0.1, 0.15) is 6.42 Å². The molecule has 1 fully saturated rings. The largest absolute Gasteiger partial charge is 0.416 e. The second-order valence-electron chi connectivity index (χ2n) is 6.06. The number of benzene rings is 1. The number of nitrogens with zero attached hydrogens (tertiary/aromatic N) is 1. The smallest absolute Gasteiger partial charge is 0.339 e. The highest BCUT2D eigenvalue weighted by Crippen LogP contribution is 2.33. The third-order valence-corrected chi connectivity index (χ3v) is 4.63. The first-order valence-electron chi connectivity index (χ1n) is 8.18. The van der Waals surface area contributed by atoms with Gasteiger partial charge in [0, 0.05) is 12.6 Å². The van der Waals surface area contributed by atoms with Crippen LogP contribution in [0.5, 0.6) is 0 Å². The first-order chi connectivity index (χ1) is 11.7. The normalized spacial score (nSPS) is 18.1. The molecule has 8 heteroatoms. The molecule has 2 rings (SSSR count). The minimum Gasteiger partial charge on any atom is -0.339 e. The number of piperidine rings is 1. The highest BCUT2D eigenvalue weighted by atomic mass is 35.5. The third-order valence-electron chi connectivity index (χ3n) is 4.30. The number of hydrogen-bond donors (Lipinski definition) is 1. The van der Waals surface area contributed by atoms with Gasteiger partial charge < -0.3 is 10.2 Å². The molecule has 4 nitrogen and oxygen atoms in total. The van der Waals surface area contributed by atoms with Crippen LogP contribution in [0.3, 0.4) is 0 Å². The van der Waals surface area contributed by atoms with Crippen molar-refractivity contribution in [3.63, 3.8) is 0 Å². The lowest BCUT2D eigenvalue weighted by atomic mass is 9.99. The maximum absolute atomic E-state index is 12.8. The number of likely N-dealkylation sites (tertiary alicyclic amines) is 1. The van der Waals surface area contributed by atoms with E-state index in [1.54, 1.807) is 4.90 Å². The Balaban J connectivity index is 2.03. The van der Waals surface area contributed by atoms with Crippen molar-refractivity contribution in [2.24, 2.45) is 0 Å². The molecule has 0 spiro atoms. The van der Waals surface area contributed by atoms with Crippen molar-refractivity contribution < 1.29 is 22.8 Å². The standard InChI is InChI=1S/C17H20ClF3N2O2/c1-2-12-5-3-4-8-23(12)16(25)10-15(24)22-14-9-11(17(19,20)21)6-7-13(14)18/h6-7,9,12H,2-5,8,10H2,1H3,(H,22,24). The summed E-state index contributed by atoms with van der Waals surface area (Å²) in [7, 11) is 0. The number of alkyl halides is 3. The molecule has 0 aliphatic carbocycles. The molecule has 0 aromatic heterocycles. The van der Waals surface area contributed by atoms with E-state index in [2.05, 4.69) is 5.32 Å². The van der Waals surface area contributed by atoms with Crippen molar-refractivity contribution in [2.75, 3.05) is 11.9 Å². The molecule has 2 amide bonds. The Bertz CT molecular complexity index is 649. The first-order valence-corrected chi connectivity index (χ1v) is 8.56. The maximum atomic E-state index is 12.8. The lowest BCUT2D eigenvalue weighted by Crippen LogP contribution is -2.44. The molecule has 138 valence electrons. The van der Waals surface area contributed by atoms with Crippen molar-refractivity contribution in [2.45, 2.75) is 51.2 Å². The Morgan fingerprint density at radius 3 is 2.68 bits per heavy atom. The molecule has 1 aliphatic rings. The maximum Gasteiger partial charge on any atom is 0.416 e. The summed E-state index contributed by atoms with van der Waals surface area (Å²) in [5.41, 5.74) is -1.07. The fourth-order valence-corrected chi connectivity index (χ4v) is 3.15. The van der Waals surface area contributed by atoms with E-state index in [0.29, 0.717) is 6.54 Å². The van der Waals surface area contributed by atoms with Crippen LogP contribution < -0.4 is 5.32 Å². The topological polar surface area (TPSA) is 49.4 Å². The zero-order valence-electron chi connectivity index (χ0n) is 13.8. The zero-order valence-corrected chi connectivity index (χ0v) is 14.6. The van der Waals surface area contributed by atoms with Crippen molar-refractivity contribution in [3.05, 3.63) is 28.8 Å². The molecule has 0 saturated carbocycles. The number of anilines is 1. The van der Waals surface area contributed by atoms with Gasteiger partial charge in [-0.1, -0.05) is 18.5 Å². The molecule has 1 N–H and O–H groups in total. The van der Waals surface area contributed by atoms with Crippen LogP contribution in [0.1, 0.15) is 44.6 Å². The van der Waals surface area contributed by atoms with E-state index in [1.807, 2.05) is 6.92 Å². The highest BCUT2D eigenvalue weighted by Gasteiger charge is 2.31. The number of carbonyl (C=O) groups excluding carboxylic acids is 2.